The van der Waals surface area contributed by atoms with Crippen LogP contribution in [0.15, 0.2) is 12.1 Å². The Labute approximate surface area is 110 Å². The molecule has 2 atom stereocenters. The van der Waals surface area contributed by atoms with Crippen molar-refractivity contribution in [1.29, 1.82) is 0 Å². The first kappa shape index (κ1) is 11.9. The van der Waals surface area contributed by atoms with E-state index in [9.17, 15) is 9.59 Å². The van der Waals surface area contributed by atoms with Crippen LogP contribution in [0.2, 0.25) is 0 Å². The summed E-state index contributed by atoms with van der Waals surface area (Å²) in [5.74, 6) is 1.92. The van der Waals surface area contributed by atoms with Crippen LogP contribution in [0.5, 0.6) is 0 Å². The van der Waals surface area contributed by atoms with E-state index in [0.29, 0.717) is 0 Å². The molecule has 2 saturated carbocycles. The van der Waals surface area contributed by atoms with Gasteiger partial charge in [0.05, 0.1) is 18.4 Å². The number of ketones is 1. The van der Waals surface area contributed by atoms with Gasteiger partial charge in [-0.25, -0.2) is 0 Å². The second-order valence-electron chi connectivity index (χ2n) is 5.31. The molecule has 4 heteroatoms. The van der Waals surface area contributed by atoms with E-state index in [-0.39, 0.29) is 24.1 Å². The fraction of sp³-hybridized carbons (Fsp3) is 0.571. The Kier molecular flexibility index (Phi) is 2.98. The minimum atomic E-state index is -0.252. The van der Waals surface area contributed by atoms with Gasteiger partial charge in [-0.2, -0.15) is 0 Å². The van der Waals surface area contributed by atoms with Crippen LogP contribution < -0.4 is 0 Å². The predicted octanol–water partition coefficient (Wildman–Crippen LogP) is 2.69. The third-order valence-corrected chi connectivity index (χ3v) is 5.16. The minimum Gasteiger partial charge on any atom is -0.469 e. The first-order valence-electron chi connectivity index (χ1n) is 6.37. The molecule has 2 fully saturated rings. The average molecular weight is 264 g/mol. The third kappa shape index (κ3) is 2.21. The summed E-state index contributed by atoms with van der Waals surface area (Å²) >= 11 is 1.44. The molecule has 1 aromatic heterocycles. The quantitative estimate of drug-likeness (QED) is 0.620. The van der Waals surface area contributed by atoms with Gasteiger partial charge >= 0.3 is 5.97 Å². The standard InChI is InChI=1S/C14H16O3S/c1-17-13(15)7-11-2-3-12(18-11)14(16)10-5-8-4-9(8)6-10/h2-3,8-10H,4-7H2,1H3. The number of esters is 1. The van der Waals surface area contributed by atoms with Gasteiger partial charge in [-0.05, 0) is 43.2 Å². The molecule has 0 saturated heterocycles. The fourth-order valence-electron chi connectivity index (χ4n) is 2.95. The number of thiophene rings is 1. The molecule has 0 aliphatic heterocycles. The monoisotopic (exact) mass is 264 g/mol. The summed E-state index contributed by atoms with van der Waals surface area (Å²) in [7, 11) is 1.38. The van der Waals surface area contributed by atoms with Crippen LogP contribution in [0.25, 0.3) is 0 Å². The number of carbonyl (C=O) groups is 2. The Hall–Kier alpha value is -1.16. The van der Waals surface area contributed by atoms with Crippen LogP contribution in [0.1, 0.15) is 33.8 Å². The fourth-order valence-corrected chi connectivity index (χ4v) is 3.96. The molecule has 2 aliphatic carbocycles. The molecule has 18 heavy (non-hydrogen) atoms. The van der Waals surface area contributed by atoms with Crippen molar-refractivity contribution in [1.82, 2.24) is 0 Å². The van der Waals surface area contributed by atoms with Gasteiger partial charge in [0.15, 0.2) is 5.78 Å². The molecule has 0 amide bonds. The SMILES string of the molecule is COC(=O)Cc1ccc(C(=O)C2CC3CC3C2)s1. The Bertz CT molecular complexity index is 481. The van der Waals surface area contributed by atoms with Crippen LogP contribution >= 0.6 is 11.3 Å². The number of carbonyl (C=O) groups excluding carboxylic acids is 2. The number of hydrogen-bond donors (Lipinski definition) is 0. The van der Waals surface area contributed by atoms with Gasteiger partial charge in [-0.15, -0.1) is 11.3 Å². The Morgan fingerprint density at radius 2 is 2.00 bits per heavy atom. The maximum atomic E-state index is 12.3. The largest absolute Gasteiger partial charge is 0.469 e. The van der Waals surface area contributed by atoms with Gasteiger partial charge < -0.3 is 4.74 Å². The smallest absolute Gasteiger partial charge is 0.310 e. The molecule has 0 bridgehead atoms. The van der Waals surface area contributed by atoms with Crippen molar-refractivity contribution in [2.24, 2.45) is 17.8 Å². The first-order chi connectivity index (χ1) is 8.67. The Morgan fingerprint density at radius 1 is 1.28 bits per heavy atom. The summed E-state index contributed by atoms with van der Waals surface area (Å²) < 4.78 is 4.63. The molecule has 0 spiro atoms. The van der Waals surface area contributed by atoms with Crippen LogP contribution in [0.3, 0.4) is 0 Å². The van der Waals surface area contributed by atoms with Gasteiger partial charge in [-0.1, -0.05) is 0 Å². The van der Waals surface area contributed by atoms with E-state index in [1.165, 1.54) is 24.9 Å². The second kappa shape index (κ2) is 4.50. The van der Waals surface area contributed by atoms with Gasteiger partial charge in [-0.3, -0.25) is 9.59 Å². The zero-order valence-corrected chi connectivity index (χ0v) is 11.2. The van der Waals surface area contributed by atoms with Crippen molar-refractivity contribution in [2.45, 2.75) is 25.7 Å². The summed E-state index contributed by atoms with van der Waals surface area (Å²) in [4.78, 5) is 25.2. The molecular weight excluding hydrogens is 248 g/mol. The summed E-state index contributed by atoms with van der Waals surface area (Å²) in [6, 6.07) is 3.72. The topological polar surface area (TPSA) is 43.4 Å². The average Bonchev–Trinajstić information content (AvgIpc) is 2.81. The maximum absolute atomic E-state index is 12.3. The lowest BCUT2D eigenvalue weighted by molar-refractivity contribution is -0.139. The molecule has 0 N–H and O–H groups in total. The number of rotatable bonds is 4. The van der Waals surface area contributed by atoms with Crippen LogP contribution in [-0.2, 0) is 16.0 Å². The molecule has 3 rings (SSSR count). The van der Waals surface area contributed by atoms with Crippen molar-refractivity contribution in [3.63, 3.8) is 0 Å². The van der Waals surface area contributed by atoms with E-state index in [0.717, 1.165) is 34.4 Å². The van der Waals surface area contributed by atoms with E-state index in [1.807, 2.05) is 12.1 Å². The molecule has 3 nitrogen and oxygen atoms in total. The lowest BCUT2D eigenvalue weighted by Crippen LogP contribution is -2.11. The highest BCUT2D eigenvalue weighted by atomic mass is 32.1. The maximum Gasteiger partial charge on any atom is 0.310 e. The van der Waals surface area contributed by atoms with Crippen molar-refractivity contribution < 1.29 is 14.3 Å². The molecular formula is C14H16O3S. The molecule has 2 aliphatic rings. The Morgan fingerprint density at radius 3 is 2.67 bits per heavy atom. The van der Waals surface area contributed by atoms with Crippen LogP contribution in [-0.4, -0.2) is 18.9 Å². The predicted molar refractivity (Wildman–Crippen MR) is 68.7 cm³/mol. The van der Waals surface area contributed by atoms with Gasteiger partial charge in [0.25, 0.3) is 0 Å². The van der Waals surface area contributed by atoms with Crippen molar-refractivity contribution in [3.8, 4) is 0 Å². The molecule has 0 aromatic carbocycles. The number of ether oxygens (including phenoxy) is 1. The zero-order valence-electron chi connectivity index (χ0n) is 10.3. The molecule has 2 unspecified atom stereocenters. The van der Waals surface area contributed by atoms with E-state index in [4.69, 9.17) is 0 Å². The van der Waals surface area contributed by atoms with Gasteiger partial charge in [0, 0.05) is 10.8 Å². The lowest BCUT2D eigenvalue weighted by atomic mass is 9.97. The highest BCUT2D eigenvalue weighted by molar-refractivity contribution is 7.14. The van der Waals surface area contributed by atoms with E-state index < -0.39 is 0 Å². The van der Waals surface area contributed by atoms with Crippen LogP contribution in [0.4, 0.5) is 0 Å². The van der Waals surface area contributed by atoms with Crippen molar-refractivity contribution in [3.05, 3.63) is 21.9 Å². The summed E-state index contributed by atoms with van der Waals surface area (Å²) in [5, 5.41) is 0. The third-order valence-electron chi connectivity index (χ3n) is 4.07. The van der Waals surface area contributed by atoms with E-state index in [2.05, 4.69) is 4.74 Å². The summed E-state index contributed by atoms with van der Waals surface area (Å²) in [6.45, 7) is 0. The van der Waals surface area contributed by atoms with E-state index >= 15 is 0 Å². The number of hydrogen-bond acceptors (Lipinski definition) is 4. The zero-order chi connectivity index (χ0) is 12.7. The highest BCUT2D eigenvalue weighted by Gasteiger charge is 2.48. The minimum absolute atomic E-state index is 0.235. The second-order valence-corrected chi connectivity index (χ2v) is 6.48. The van der Waals surface area contributed by atoms with Crippen molar-refractivity contribution >= 4 is 23.1 Å². The molecule has 1 aromatic rings. The molecule has 1 heterocycles. The summed E-state index contributed by atoms with van der Waals surface area (Å²) in [5.41, 5.74) is 0. The molecule has 0 radical (unpaired) electrons. The number of methoxy groups -OCH3 is 1. The number of Topliss-reactive ketones (excluding diaryl/α,β-unsaturated/α-hetero) is 1. The van der Waals surface area contributed by atoms with Crippen LogP contribution in [0, 0.1) is 17.8 Å². The normalized spacial score (nSPS) is 28.8. The summed E-state index contributed by atoms with van der Waals surface area (Å²) in [6.07, 6.45) is 3.76. The lowest BCUT2D eigenvalue weighted by Gasteiger charge is -2.08. The number of fused-ring (bicyclic) bond motifs is 1. The van der Waals surface area contributed by atoms with Gasteiger partial charge in [0.2, 0.25) is 0 Å². The first-order valence-corrected chi connectivity index (χ1v) is 7.18. The van der Waals surface area contributed by atoms with Crippen molar-refractivity contribution in [2.75, 3.05) is 7.11 Å². The van der Waals surface area contributed by atoms with E-state index in [1.54, 1.807) is 0 Å². The Balaban J connectivity index is 1.65. The van der Waals surface area contributed by atoms with Gasteiger partial charge in [0.1, 0.15) is 0 Å². The molecule has 96 valence electrons. The highest BCUT2D eigenvalue weighted by Crippen LogP contribution is 2.55.